The molecule has 0 aliphatic carbocycles. The van der Waals surface area contributed by atoms with Crippen LogP contribution in [0.2, 0.25) is 0 Å². The Morgan fingerprint density at radius 3 is 1.55 bits per heavy atom. The van der Waals surface area contributed by atoms with E-state index in [4.69, 9.17) is 37.9 Å². The van der Waals surface area contributed by atoms with E-state index in [0.29, 0.717) is 6.61 Å². The highest BCUT2D eigenvalue weighted by Crippen LogP contribution is 2.34. The van der Waals surface area contributed by atoms with E-state index in [9.17, 15) is 15.0 Å². The highest BCUT2D eigenvalue weighted by molar-refractivity contribution is 5.73. The summed E-state index contributed by atoms with van der Waals surface area (Å²) in [5.74, 6) is -0.345. The fourth-order valence-electron chi connectivity index (χ4n) is 6.86. The molecule has 2 saturated heterocycles. The number of ether oxygens (including phenoxy) is 8. The molecule has 2 fully saturated rings. The van der Waals surface area contributed by atoms with Crippen molar-refractivity contribution in [2.45, 2.75) is 94.7 Å². The lowest BCUT2D eigenvalue weighted by atomic mass is 9.94. The fraction of sp³-hybridized carbons (Fsp3) is 0.419. The molecule has 12 heteroatoms. The van der Waals surface area contributed by atoms with E-state index in [0.717, 1.165) is 22.3 Å². The van der Waals surface area contributed by atoms with Crippen molar-refractivity contribution in [2.75, 3.05) is 20.3 Å². The van der Waals surface area contributed by atoms with Gasteiger partial charge in [-0.2, -0.15) is 0 Å². The van der Waals surface area contributed by atoms with Gasteiger partial charge < -0.3 is 53.4 Å². The van der Waals surface area contributed by atoms with Crippen LogP contribution < -0.4 is 5.32 Å². The zero-order chi connectivity index (χ0) is 38.4. The molecular formula is C43H51NO11. The molecule has 4 aromatic rings. The SMILES string of the molecule is CO[C@@H]1O[C@H](CO)[C@@H](O[C@@H]2O[C@H](COCc3ccccc3)[C@H](OCc3ccccc3)[C@H](OCc3ccccc3)[C@H]2O)[C@H](OCc2ccccc2)[C@H]1NC(C)=O. The zero-order valence-electron chi connectivity index (χ0n) is 31.1. The first-order valence-electron chi connectivity index (χ1n) is 18.6. The van der Waals surface area contributed by atoms with Gasteiger partial charge in [-0.3, -0.25) is 4.79 Å². The number of methoxy groups -OCH3 is 1. The lowest BCUT2D eigenvalue weighted by molar-refractivity contribution is -0.358. The van der Waals surface area contributed by atoms with Gasteiger partial charge in [-0.05, 0) is 22.3 Å². The first kappa shape index (κ1) is 40.6. The van der Waals surface area contributed by atoms with Crippen molar-refractivity contribution < 1.29 is 52.9 Å². The smallest absolute Gasteiger partial charge is 0.217 e. The molecule has 3 N–H and O–H groups in total. The second-order valence-electron chi connectivity index (χ2n) is 13.6. The Kier molecular flexibility index (Phi) is 15.3. The van der Waals surface area contributed by atoms with E-state index in [-0.39, 0.29) is 32.3 Å². The largest absolute Gasteiger partial charge is 0.394 e. The van der Waals surface area contributed by atoms with Gasteiger partial charge in [0.15, 0.2) is 12.6 Å². The van der Waals surface area contributed by atoms with Gasteiger partial charge in [0.05, 0.1) is 39.6 Å². The van der Waals surface area contributed by atoms with Crippen LogP contribution >= 0.6 is 0 Å². The van der Waals surface area contributed by atoms with Crippen LogP contribution in [0.25, 0.3) is 0 Å². The maximum absolute atomic E-state index is 12.5. The number of hydrogen-bond acceptors (Lipinski definition) is 11. The van der Waals surface area contributed by atoms with Crippen LogP contribution in [0.1, 0.15) is 29.2 Å². The lowest BCUT2D eigenvalue weighted by Crippen LogP contribution is -2.68. The average Bonchev–Trinajstić information content (AvgIpc) is 3.22. The Morgan fingerprint density at radius 2 is 1.07 bits per heavy atom. The Balaban J connectivity index is 1.31. The zero-order valence-corrected chi connectivity index (χ0v) is 31.1. The summed E-state index contributed by atoms with van der Waals surface area (Å²) >= 11 is 0. The number of hydrogen-bond donors (Lipinski definition) is 3. The number of amides is 1. The molecule has 0 saturated carbocycles. The highest BCUT2D eigenvalue weighted by Gasteiger charge is 2.53. The molecule has 1 amide bonds. The number of aliphatic hydroxyl groups is 2. The van der Waals surface area contributed by atoms with E-state index >= 15 is 0 Å². The first-order valence-corrected chi connectivity index (χ1v) is 18.6. The minimum atomic E-state index is -1.39. The predicted octanol–water partition coefficient (Wildman–Crippen LogP) is 4.30. The number of nitrogens with one attached hydrogen (secondary N) is 1. The topological polar surface area (TPSA) is 143 Å². The van der Waals surface area contributed by atoms with E-state index < -0.39 is 68.0 Å². The van der Waals surface area contributed by atoms with Crippen LogP contribution in [0.3, 0.4) is 0 Å². The van der Waals surface area contributed by atoms with Gasteiger partial charge in [-0.15, -0.1) is 0 Å². The highest BCUT2D eigenvalue weighted by atomic mass is 16.7. The maximum atomic E-state index is 12.5. The second-order valence-corrected chi connectivity index (χ2v) is 13.6. The summed E-state index contributed by atoms with van der Waals surface area (Å²) in [6.07, 6.45) is -9.18. The quantitative estimate of drug-likeness (QED) is 0.134. The molecular weight excluding hydrogens is 706 g/mol. The van der Waals surface area contributed by atoms with Gasteiger partial charge in [0.2, 0.25) is 5.91 Å². The molecule has 0 aromatic heterocycles. The van der Waals surface area contributed by atoms with Gasteiger partial charge in [0.25, 0.3) is 0 Å². The molecule has 6 rings (SSSR count). The molecule has 0 radical (unpaired) electrons. The lowest BCUT2D eigenvalue weighted by Gasteiger charge is -2.49. The van der Waals surface area contributed by atoms with Crippen LogP contribution in [-0.2, 0) is 69.1 Å². The summed E-state index contributed by atoms with van der Waals surface area (Å²) in [7, 11) is 1.45. The number of carbonyl (C=O) groups excluding carboxylic acids is 1. The summed E-state index contributed by atoms with van der Waals surface area (Å²) < 4.78 is 50.8. The number of aliphatic hydroxyl groups excluding tert-OH is 2. The van der Waals surface area contributed by atoms with Crippen molar-refractivity contribution in [2.24, 2.45) is 0 Å². The van der Waals surface area contributed by atoms with Gasteiger partial charge in [0, 0.05) is 14.0 Å². The minimum Gasteiger partial charge on any atom is -0.394 e. The maximum Gasteiger partial charge on any atom is 0.217 e. The van der Waals surface area contributed by atoms with Crippen molar-refractivity contribution in [3.05, 3.63) is 144 Å². The number of benzene rings is 4. The van der Waals surface area contributed by atoms with E-state index in [1.54, 1.807) is 0 Å². The average molecular weight is 758 g/mol. The number of carbonyl (C=O) groups is 1. The standard InChI is InChI=1S/C43H51NO11/c1-29(46)44-36-40(51-26-32-19-11-5-12-20-32)39(34(23-45)53-42(36)48-2)55-43-37(47)41(52-27-33-21-13-6-14-22-33)38(50-25-31-17-9-4-10-18-31)35(54-43)28-49-24-30-15-7-3-8-16-30/h3-22,34-43,45,47H,23-28H2,1-2H3,(H,44,46)/t34-,35-,36-,37-,38+,39-,40-,41-,42-,43+/m1/s1. The third-order valence-corrected chi connectivity index (χ3v) is 9.58. The summed E-state index contributed by atoms with van der Waals surface area (Å²) in [6.45, 7) is 1.84. The second kappa shape index (κ2) is 20.7. The summed E-state index contributed by atoms with van der Waals surface area (Å²) in [5.41, 5.74) is 3.68. The molecule has 0 spiro atoms. The minimum absolute atomic E-state index is 0.0743. The van der Waals surface area contributed by atoms with Gasteiger partial charge >= 0.3 is 0 Å². The Labute approximate surface area is 322 Å². The Morgan fingerprint density at radius 1 is 0.618 bits per heavy atom. The molecule has 4 aromatic carbocycles. The molecule has 2 aliphatic heterocycles. The Bertz CT molecular complexity index is 1690. The van der Waals surface area contributed by atoms with Crippen LogP contribution in [0, 0.1) is 0 Å². The van der Waals surface area contributed by atoms with E-state index in [1.807, 2.05) is 121 Å². The summed E-state index contributed by atoms with van der Waals surface area (Å²) in [5, 5.41) is 25.7. The van der Waals surface area contributed by atoms with Crippen LogP contribution in [-0.4, -0.2) is 97.8 Å². The molecule has 0 bridgehead atoms. The molecule has 294 valence electrons. The molecule has 55 heavy (non-hydrogen) atoms. The molecule has 0 unspecified atom stereocenters. The van der Waals surface area contributed by atoms with Gasteiger partial charge in [0.1, 0.15) is 48.8 Å². The van der Waals surface area contributed by atoms with Crippen molar-refractivity contribution in [3.8, 4) is 0 Å². The van der Waals surface area contributed by atoms with Crippen molar-refractivity contribution in [1.29, 1.82) is 0 Å². The van der Waals surface area contributed by atoms with Crippen LogP contribution in [0.15, 0.2) is 121 Å². The van der Waals surface area contributed by atoms with Crippen LogP contribution in [0.4, 0.5) is 0 Å². The third-order valence-electron chi connectivity index (χ3n) is 9.58. The van der Waals surface area contributed by atoms with Crippen molar-refractivity contribution in [3.63, 3.8) is 0 Å². The van der Waals surface area contributed by atoms with Gasteiger partial charge in [-0.1, -0.05) is 121 Å². The van der Waals surface area contributed by atoms with Crippen molar-refractivity contribution >= 4 is 5.91 Å². The molecule has 12 nitrogen and oxygen atoms in total. The summed E-state index contributed by atoms with van der Waals surface area (Å²) in [4.78, 5) is 12.5. The molecule has 10 atom stereocenters. The van der Waals surface area contributed by atoms with Crippen molar-refractivity contribution in [1.82, 2.24) is 5.32 Å². The molecule has 2 aliphatic rings. The normalized spacial score (nSPS) is 28.1. The summed E-state index contributed by atoms with van der Waals surface area (Å²) in [6, 6.07) is 37.8. The van der Waals surface area contributed by atoms with Crippen LogP contribution in [0.5, 0.6) is 0 Å². The number of rotatable bonds is 18. The van der Waals surface area contributed by atoms with Gasteiger partial charge in [-0.25, -0.2) is 0 Å². The molecule has 2 heterocycles. The Hall–Kier alpha value is -4.05. The first-order chi connectivity index (χ1) is 26.9. The predicted molar refractivity (Wildman–Crippen MR) is 201 cm³/mol. The third kappa shape index (κ3) is 11.3. The monoisotopic (exact) mass is 757 g/mol. The fourth-order valence-corrected chi connectivity index (χ4v) is 6.86. The van der Waals surface area contributed by atoms with E-state index in [1.165, 1.54) is 14.0 Å². The van der Waals surface area contributed by atoms with E-state index in [2.05, 4.69) is 5.32 Å².